The molecule has 0 unspecified atom stereocenters. The average Bonchev–Trinajstić information content (AvgIpc) is 3.97. The molecular weight excluding hydrogens is 725 g/mol. The number of aromatic nitrogens is 4. The maximum absolute atomic E-state index is 13.3. The number of phenols is 1. The number of ether oxygens (including phenoxy) is 1. The number of phenolic OH excluding ortho intramolecular Hbond substituents is 1. The van der Waals surface area contributed by atoms with Gasteiger partial charge in [0.05, 0.1) is 26.9 Å². The molecule has 3 aliphatic rings. The quantitative estimate of drug-likeness (QED) is 0.104. The third kappa shape index (κ3) is 6.24. The summed E-state index contributed by atoms with van der Waals surface area (Å²) in [5.41, 5.74) is 4.93. The van der Waals surface area contributed by atoms with E-state index in [4.69, 9.17) is 4.74 Å². The van der Waals surface area contributed by atoms with Gasteiger partial charge in [0.1, 0.15) is 17.4 Å². The van der Waals surface area contributed by atoms with Gasteiger partial charge in [-0.3, -0.25) is 4.79 Å². The Morgan fingerprint density at radius 2 is 1.81 bits per heavy atom. The number of likely N-dealkylation sites (tertiary alicyclic amines) is 1. The molecule has 5 N–H and O–H groups in total. The van der Waals surface area contributed by atoms with Gasteiger partial charge in [0.2, 0.25) is 11.2 Å². The number of nitrogens with one attached hydrogen (secondary N) is 2. The summed E-state index contributed by atoms with van der Waals surface area (Å²) in [5.74, 6) is -0.617. The number of esters is 1. The number of fused-ring (bicyclic) bond motifs is 4. The van der Waals surface area contributed by atoms with E-state index in [9.17, 15) is 24.9 Å². The summed E-state index contributed by atoms with van der Waals surface area (Å²) in [6.45, 7) is 4.60. The number of benzene rings is 2. The molecule has 1 aliphatic heterocycles. The summed E-state index contributed by atoms with van der Waals surface area (Å²) >= 11 is 2.72. The van der Waals surface area contributed by atoms with Crippen LogP contribution in [-0.2, 0) is 41.1 Å². The van der Waals surface area contributed by atoms with Gasteiger partial charge in [-0.05, 0) is 108 Å². The normalized spacial score (nSPS) is 17.5. The van der Waals surface area contributed by atoms with Crippen molar-refractivity contribution in [3.63, 3.8) is 0 Å². The summed E-state index contributed by atoms with van der Waals surface area (Å²) in [6, 6.07) is 15.6. The van der Waals surface area contributed by atoms with Gasteiger partial charge < -0.3 is 35.3 Å². The second-order valence-corrected chi connectivity index (χ2v) is 17.0. The molecule has 12 nitrogen and oxygen atoms in total. The molecule has 14 heteroatoms. The predicted octanol–water partition coefficient (Wildman–Crippen LogP) is 4.75. The maximum Gasteiger partial charge on any atom is 0.349 e. The van der Waals surface area contributed by atoms with E-state index < -0.39 is 17.7 Å². The van der Waals surface area contributed by atoms with Crippen molar-refractivity contribution in [1.82, 2.24) is 30.2 Å². The Morgan fingerprint density at radius 3 is 2.56 bits per heavy atom. The number of nitrogens with zero attached hydrogens (tertiary/aromatic N) is 4. The third-order valence-electron chi connectivity index (χ3n) is 11.5. The molecule has 4 aromatic heterocycles. The SMILES string of the molecule is O=C(OC1CC2(C1)CN(CCCn1nnc3cc(CNC[C@H](O)c4ccc(O)c5[nH]c(=O)ccc45)c4c(c31)CCC4)C2)C(O)(c1cccs1)c1cccs1. The number of aromatic hydroxyl groups is 1. The van der Waals surface area contributed by atoms with E-state index in [-0.39, 0.29) is 22.8 Å². The lowest BCUT2D eigenvalue weighted by atomic mass is 9.61. The van der Waals surface area contributed by atoms with Crippen LogP contribution in [0.5, 0.6) is 5.75 Å². The highest BCUT2D eigenvalue weighted by molar-refractivity contribution is 7.12. The minimum Gasteiger partial charge on any atom is -0.506 e. The Morgan fingerprint density at radius 1 is 1.06 bits per heavy atom. The van der Waals surface area contributed by atoms with Crippen LogP contribution >= 0.6 is 22.7 Å². The van der Waals surface area contributed by atoms with E-state index in [1.54, 1.807) is 24.3 Å². The predicted molar refractivity (Wildman–Crippen MR) is 207 cm³/mol. The van der Waals surface area contributed by atoms with Crippen molar-refractivity contribution in [3.05, 3.63) is 108 Å². The Bertz CT molecular complexity index is 2340. The van der Waals surface area contributed by atoms with Gasteiger partial charge in [-0.15, -0.1) is 27.8 Å². The lowest BCUT2D eigenvalue weighted by molar-refractivity contribution is -0.191. The fraction of sp³-hybridized carbons (Fsp3) is 0.400. The molecule has 2 aromatic carbocycles. The minimum atomic E-state index is -1.76. The Kier molecular flexibility index (Phi) is 9.15. The van der Waals surface area contributed by atoms with Gasteiger partial charge in [0.15, 0.2) is 0 Å². The standard InChI is InChI=1S/C40H42N6O6S2/c47-31-11-9-27(28-10-12-35(49)42-36(28)31)32(48)21-41-20-24-17-30-37(29-6-1-5-26(24)29)46(44-43-30)14-4-13-45-22-39(23-45)18-25(19-39)52-38(50)40(51,33-7-2-15-53-33)34-8-3-16-54-34/h2-3,7-12,15-17,25,32,41,47-48,51H,1,4-6,13-14,18-23H2,(H,42,49)/t32-/m0/s1. The second kappa shape index (κ2) is 14.0. The van der Waals surface area contributed by atoms with E-state index >= 15 is 0 Å². The van der Waals surface area contributed by atoms with Crippen LogP contribution in [0.4, 0.5) is 0 Å². The highest BCUT2D eigenvalue weighted by Crippen LogP contribution is 2.50. The lowest BCUT2D eigenvalue weighted by Crippen LogP contribution is -2.64. The Labute approximate surface area is 319 Å². The van der Waals surface area contributed by atoms with E-state index in [1.165, 1.54) is 51.5 Å². The number of aromatic amines is 1. The molecule has 0 bridgehead atoms. The molecule has 2 fully saturated rings. The van der Waals surface area contributed by atoms with Crippen LogP contribution in [0.2, 0.25) is 0 Å². The molecule has 1 atom stereocenters. The molecule has 54 heavy (non-hydrogen) atoms. The monoisotopic (exact) mass is 766 g/mol. The summed E-state index contributed by atoms with van der Waals surface area (Å²) in [6.07, 6.45) is 4.68. The first-order chi connectivity index (χ1) is 26.2. The molecule has 0 amide bonds. The zero-order valence-corrected chi connectivity index (χ0v) is 31.3. The fourth-order valence-electron chi connectivity index (χ4n) is 8.94. The lowest BCUT2D eigenvalue weighted by Gasteiger charge is -2.58. The van der Waals surface area contributed by atoms with Crippen molar-refractivity contribution in [2.24, 2.45) is 5.41 Å². The number of aryl methyl sites for hydroxylation is 2. The van der Waals surface area contributed by atoms with E-state index in [2.05, 4.69) is 36.3 Å². The number of hydrogen-bond donors (Lipinski definition) is 5. The maximum atomic E-state index is 13.3. The van der Waals surface area contributed by atoms with Crippen molar-refractivity contribution < 1.29 is 24.9 Å². The van der Waals surface area contributed by atoms with Crippen LogP contribution in [0.3, 0.4) is 0 Å². The first-order valence-electron chi connectivity index (χ1n) is 18.6. The first-order valence-corrected chi connectivity index (χ1v) is 20.3. The minimum absolute atomic E-state index is 0.0304. The molecular formula is C40H42N6O6S2. The number of aliphatic hydroxyl groups excluding tert-OH is 1. The summed E-state index contributed by atoms with van der Waals surface area (Å²) in [4.78, 5) is 31.4. The number of pyridine rings is 1. The summed E-state index contributed by atoms with van der Waals surface area (Å²) in [5, 5.41) is 49.7. The number of carbonyl (C=O) groups is 1. The van der Waals surface area contributed by atoms with Gasteiger partial charge in [0.25, 0.3) is 0 Å². The van der Waals surface area contributed by atoms with Crippen molar-refractivity contribution in [2.75, 3.05) is 26.2 Å². The van der Waals surface area contributed by atoms with E-state index in [0.29, 0.717) is 39.3 Å². The van der Waals surface area contributed by atoms with E-state index in [0.717, 1.165) is 75.7 Å². The average molecular weight is 767 g/mol. The van der Waals surface area contributed by atoms with Gasteiger partial charge >= 0.3 is 5.97 Å². The molecule has 1 saturated heterocycles. The Hall–Kier alpha value is -4.44. The van der Waals surface area contributed by atoms with Crippen molar-refractivity contribution in [1.29, 1.82) is 0 Å². The van der Waals surface area contributed by atoms with E-state index in [1.807, 2.05) is 22.9 Å². The molecule has 9 rings (SSSR count). The first kappa shape index (κ1) is 35.3. The molecule has 1 saturated carbocycles. The zero-order valence-electron chi connectivity index (χ0n) is 29.7. The topological polar surface area (TPSA) is 166 Å². The Balaban J connectivity index is 0.771. The second-order valence-electron chi connectivity index (χ2n) is 15.1. The van der Waals surface area contributed by atoms with Gasteiger partial charge in [-0.1, -0.05) is 23.4 Å². The number of rotatable bonds is 13. The fourth-order valence-corrected chi connectivity index (χ4v) is 10.7. The number of carbonyl (C=O) groups excluding carboxylic acids is 1. The van der Waals surface area contributed by atoms with Gasteiger partial charge in [-0.25, -0.2) is 9.48 Å². The van der Waals surface area contributed by atoms with Crippen molar-refractivity contribution >= 4 is 50.6 Å². The molecule has 5 heterocycles. The number of hydrogen-bond acceptors (Lipinski definition) is 12. The van der Waals surface area contributed by atoms with Crippen molar-refractivity contribution in [2.45, 2.75) is 69.4 Å². The van der Waals surface area contributed by atoms with Crippen molar-refractivity contribution in [3.8, 4) is 5.75 Å². The smallest absolute Gasteiger partial charge is 0.349 e. The highest BCUT2D eigenvalue weighted by atomic mass is 32.1. The van der Waals surface area contributed by atoms with Gasteiger partial charge in [-0.2, -0.15) is 0 Å². The number of H-pyrrole nitrogens is 1. The number of aliphatic hydroxyl groups is 2. The molecule has 1 spiro atoms. The van der Waals surface area contributed by atoms with Crippen LogP contribution < -0.4 is 10.9 Å². The van der Waals surface area contributed by atoms with Crippen LogP contribution in [0.1, 0.15) is 63.8 Å². The largest absolute Gasteiger partial charge is 0.506 e. The third-order valence-corrected chi connectivity index (χ3v) is 13.4. The zero-order chi connectivity index (χ0) is 37.0. The molecule has 2 aliphatic carbocycles. The van der Waals surface area contributed by atoms with Crippen LogP contribution in [-0.4, -0.2) is 78.4 Å². The van der Waals surface area contributed by atoms with Crippen LogP contribution in [0, 0.1) is 5.41 Å². The van der Waals surface area contributed by atoms with Crippen LogP contribution in [0.15, 0.2) is 70.2 Å². The number of thiophene rings is 2. The highest BCUT2D eigenvalue weighted by Gasteiger charge is 2.55. The van der Waals surface area contributed by atoms with Gasteiger partial charge in [0, 0.05) is 49.6 Å². The summed E-state index contributed by atoms with van der Waals surface area (Å²) < 4.78 is 7.97. The molecule has 0 radical (unpaired) electrons. The van der Waals surface area contributed by atoms with Crippen LogP contribution in [0.25, 0.3) is 21.9 Å². The molecule has 6 aromatic rings. The molecule has 280 valence electrons. The summed E-state index contributed by atoms with van der Waals surface area (Å²) in [7, 11) is 0.